The van der Waals surface area contributed by atoms with E-state index in [0.717, 1.165) is 11.3 Å². The number of carbonyl (C=O) groups excluding carboxylic acids is 1. The summed E-state index contributed by atoms with van der Waals surface area (Å²) in [4.78, 5) is 11.8. The molecular weight excluding hydrogens is 353 g/mol. The summed E-state index contributed by atoms with van der Waals surface area (Å²) >= 11 is 13.4. The highest BCUT2D eigenvalue weighted by Gasteiger charge is 2.03. The molecule has 6 heteroatoms. The van der Waals surface area contributed by atoms with Gasteiger partial charge in [0.1, 0.15) is 5.75 Å². The Bertz CT molecular complexity index is 652. The van der Waals surface area contributed by atoms with Crippen LogP contribution >= 0.6 is 35.0 Å². The first kappa shape index (κ1) is 18.0. The van der Waals surface area contributed by atoms with Gasteiger partial charge in [0.15, 0.2) is 0 Å². The fraction of sp³-hybridized carbons (Fsp3) is 0.235. The molecule has 2 aromatic carbocycles. The van der Waals surface area contributed by atoms with Gasteiger partial charge >= 0.3 is 0 Å². The van der Waals surface area contributed by atoms with Crippen LogP contribution in [0.4, 0.5) is 0 Å². The van der Waals surface area contributed by atoms with Gasteiger partial charge in [0.05, 0.1) is 17.4 Å². The van der Waals surface area contributed by atoms with E-state index in [1.807, 2.05) is 42.5 Å². The van der Waals surface area contributed by atoms with Crippen LogP contribution < -0.4 is 10.1 Å². The van der Waals surface area contributed by atoms with Crippen LogP contribution in [-0.2, 0) is 11.3 Å². The molecule has 0 aliphatic carbocycles. The third-order valence-corrected chi connectivity index (χ3v) is 4.40. The van der Waals surface area contributed by atoms with Gasteiger partial charge in [-0.2, -0.15) is 0 Å². The molecule has 0 spiro atoms. The minimum Gasteiger partial charge on any atom is -0.491 e. The third-order valence-electron chi connectivity index (χ3n) is 2.93. The summed E-state index contributed by atoms with van der Waals surface area (Å²) in [5, 5.41) is 4.13. The molecular formula is C17H17Cl2NO2S. The van der Waals surface area contributed by atoms with Crippen molar-refractivity contribution in [1.82, 2.24) is 5.32 Å². The minimum absolute atomic E-state index is 0.00674. The standard InChI is InChI=1S/C17H17Cl2NO2S/c18-14-5-3-4-13(10-14)11-20-17(21)12-23-9-8-22-16-7-2-1-6-15(16)19/h1-7,10H,8-9,11-12H2,(H,20,21). The van der Waals surface area contributed by atoms with Crippen LogP contribution in [0, 0.1) is 0 Å². The van der Waals surface area contributed by atoms with E-state index in [4.69, 9.17) is 27.9 Å². The van der Waals surface area contributed by atoms with Gasteiger partial charge in [0.25, 0.3) is 0 Å². The van der Waals surface area contributed by atoms with Crippen molar-refractivity contribution >= 4 is 40.9 Å². The molecule has 0 unspecified atom stereocenters. The average Bonchev–Trinajstić information content (AvgIpc) is 2.54. The van der Waals surface area contributed by atoms with Crippen molar-refractivity contribution in [2.75, 3.05) is 18.1 Å². The van der Waals surface area contributed by atoms with Gasteiger partial charge in [-0.25, -0.2) is 0 Å². The van der Waals surface area contributed by atoms with Crippen molar-refractivity contribution < 1.29 is 9.53 Å². The van der Waals surface area contributed by atoms with Crippen molar-refractivity contribution in [1.29, 1.82) is 0 Å². The molecule has 0 heterocycles. The summed E-state index contributed by atoms with van der Waals surface area (Å²) in [5.74, 6) is 1.77. The maximum absolute atomic E-state index is 11.8. The second kappa shape index (κ2) is 9.71. The van der Waals surface area contributed by atoms with Crippen molar-refractivity contribution in [2.24, 2.45) is 0 Å². The SMILES string of the molecule is O=C(CSCCOc1ccccc1Cl)NCc1cccc(Cl)c1. The van der Waals surface area contributed by atoms with Crippen LogP contribution in [0.3, 0.4) is 0 Å². The lowest BCUT2D eigenvalue weighted by Crippen LogP contribution is -2.24. The van der Waals surface area contributed by atoms with Gasteiger partial charge in [-0.05, 0) is 29.8 Å². The molecule has 2 rings (SSSR count). The van der Waals surface area contributed by atoms with Gasteiger partial charge in [-0.3, -0.25) is 4.79 Å². The number of hydrogen-bond acceptors (Lipinski definition) is 3. The molecule has 122 valence electrons. The molecule has 23 heavy (non-hydrogen) atoms. The molecule has 1 N–H and O–H groups in total. The number of halogens is 2. The molecule has 0 saturated heterocycles. The molecule has 3 nitrogen and oxygen atoms in total. The topological polar surface area (TPSA) is 38.3 Å². The minimum atomic E-state index is -0.00674. The van der Waals surface area contributed by atoms with E-state index < -0.39 is 0 Å². The number of amides is 1. The van der Waals surface area contributed by atoms with E-state index in [1.165, 1.54) is 11.8 Å². The van der Waals surface area contributed by atoms with Gasteiger partial charge in [-0.15, -0.1) is 11.8 Å². The summed E-state index contributed by atoms with van der Waals surface area (Å²) in [6.45, 7) is 0.992. The number of rotatable bonds is 8. The van der Waals surface area contributed by atoms with E-state index in [1.54, 1.807) is 6.07 Å². The van der Waals surface area contributed by atoms with E-state index in [-0.39, 0.29) is 5.91 Å². The highest BCUT2D eigenvalue weighted by Crippen LogP contribution is 2.23. The zero-order chi connectivity index (χ0) is 16.5. The third kappa shape index (κ3) is 6.73. The van der Waals surface area contributed by atoms with Crippen LogP contribution in [0.1, 0.15) is 5.56 Å². The highest BCUT2D eigenvalue weighted by molar-refractivity contribution is 7.99. The Balaban J connectivity index is 1.59. The largest absolute Gasteiger partial charge is 0.491 e. The number of nitrogens with one attached hydrogen (secondary N) is 1. The lowest BCUT2D eigenvalue weighted by atomic mass is 10.2. The smallest absolute Gasteiger partial charge is 0.230 e. The van der Waals surface area contributed by atoms with E-state index in [0.29, 0.717) is 34.7 Å². The second-order valence-electron chi connectivity index (χ2n) is 4.74. The number of benzene rings is 2. The molecule has 0 aromatic heterocycles. The van der Waals surface area contributed by atoms with Crippen LogP contribution in [0.2, 0.25) is 10.0 Å². The van der Waals surface area contributed by atoms with Crippen molar-refractivity contribution in [3.63, 3.8) is 0 Å². The van der Waals surface area contributed by atoms with Crippen molar-refractivity contribution in [3.05, 3.63) is 64.1 Å². The first-order valence-corrected chi connectivity index (χ1v) is 9.02. The summed E-state index contributed by atoms with van der Waals surface area (Å²) in [6.07, 6.45) is 0. The summed E-state index contributed by atoms with van der Waals surface area (Å²) in [5.41, 5.74) is 0.984. The quantitative estimate of drug-likeness (QED) is 0.699. The molecule has 1 amide bonds. The van der Waals surface area contributed by atoms with Gasteiger partial charge in [0, 0.05) is 17.3 Å². The van der Waals surface area contributed by atoms with Crippen LogP contribution in [0.25, 0.3) is 0 Å². The first-order valence-electron chi connectivity index (χ1n) is 7.11. The molecule has 0 aliphatic rings. The molecule has 0 radical (unpaired) electrons. The number of para-hydroxylation sites is 1. The number of ether oxygens (including phenoxy) is 1. The summed E-state index contributed by atoms with van der Waals surface area (Å²) in [6, 6.07) is 14.8. The fourth-order valence-corrected chi connectivity index (χ4v) is 2.87. The number of thioether (sulfide) groups is 1. The summed E-state index contributed by atoms with van der Waals surface area (Å²) in [7, 11) is 0. The molecule has 0 saturated carbocycles. The predicted molar refractivity (Wildman–Crippen MR) is 97.6 cm³/mol. The van der Waals surface area contributed by atoms with Crippen LogP contribution in [-0.4, -0.2) is 24.0 Å². The maximum Gasteiger partial charge on any atom is 0.230 e. The highest BCUT2D eigenvalue weighted by atomic mass is 35.5. The van der Waals surface area contributed by atoms with Gasteiger partial charge in [-0.1, -0.05) is 47.5 Å². The first-order chi connectivity index (χ1) is 11.1. The monoisotopic (exact) mass is 369 g/mol. The predicted octanol–water partition coefficient (Wildman–Crippen LogP) is 4.42. The Morgan fingerprint density at radius 2 is 1.96 bits per heavy atom. The second-order valence-corrected chi connectivity index (χ2v) is 6.69. The summed E-state index contributed by atoms with van der Waals surface area (Å²) < 4.78 is 5.56. The van der Waals surface area contributed by atoms with E-state index >= 15 is 0 Å². The average molecular weight is 370 g/mol. The van der Waals surface area contributed by atoms with E-state index in [2.05, 4.69) is 5.32 Å². The fourth-order valence-electron chi connectivity index (χ4n) is 1.84. The van der Waals surface area contributed by atoms with Crippen LogP contribution in [0.15, 0.2) is 48.5 Å². The molecule has 0 atom stereocenters. The molecule has 0 fully saturated rings. The maximum atomic E-state index is 11.8. The Kier molecular flexibility index (Phi) is 7.59. The molecule has 0 bridgehead atoms. The van der Waals surface area contributed by atoms with Crippen LogP contribution in [0.5, 0.6) is 5.75 Å². The molecule has 0 aliphatic heterocycles. The Morgan fingerprint density at radius 3 is 2.74 bits per heavy atom. The lowest BCUT2D eigenvalue weighted by Gasteiger charge is -2.08. The number of carbonyl (C=O) groups is 1. The Hall–Kier alpha value is -1.36. The van der Waals surface area contributed by atoms with E-state index in [9.17, 15) is 4.79 Å². The van der Waals surface area contributed by atoms with Gasteiger partial charge in [0.2, 0.25) is 5.91 Å². The van der Waals surface area contributed by atoms with Gasteiger partial charge < -0.3 is 10.1 Å². The lowest BCUT2D eigenvalue weighted by molar-refractivity contribution is -0.118. The Labute approximate surface area is 150 Å². The zero-order valence-electron chi connectivity index (χ0n) is 12.4. The van der Waals surface area contributed by atoms with Crippen molar-refractivity contribution in [3.8, 4) is 5.75 Å². The number of hydrogen-bond donors (Lipinski definition) is 1. The zero-order valence-corrected chi connectivity index (χ0v) is 14.8. The normalized spacial score (nSPS) is 10.3. The Morgan fingerprint density at radius 1 is 1.13 bits per heavy atom. The molecule has 2 aromatic rings. The van der Waals surface area contributed by atoms with Crippen molar-refractivity contribution in [2.45, 2.75) is 6.54 Å².